The van der Waals surface area contributed by atoms with Gasteiger partial charge >= 0.3 is 0 Å². The van der Waals surface area contributed by atoms with Gasteiger partial charge < -0.3 is 9.84 Å². The van der Waals surface area contributed by atoms with Crippen molar-refractivity contribution in [3.63, 3.8) is 0 Å². The second-order valence-corrected chi connectivity index (χ2v) is 6.01. The largest absolute Gasteiger partial charge is 0.496 e. The van der Waals surface area contributed by atoms with E-state index in [1.165, 1.54) is 0 Å². The van der Waals surface area contributed by atoms with Crippen LogP contribution in [0.15, 0.2) is 18.2 Å². The normalized spacial score (nSPS) is 26.4. The van der Waals surface area contributed by atoms with Crippen LogP contribution in [0.25, 0.3) is 0 Å². The lowest BCUT2D eigenvalue weighted by atomic mass is 9.53. The Balaban J connectivity index is 2.47. The van der Waals surface area contributed by atoms with E-state index in [-0.39, 0.29) is 5.92 Å². The molecule has 0 unspecified atom stereocenters. The lowest BCUT2D eigenvalue weighted by Gasteiger charge is -2.50. The Morgan fingerprint density at radius 2 is 2.16 bits per heavy atom. The number of nitriles is 1. The molecule has 2 rings (SSSR count). The first-order valence-electron chi connectivity index (χ1n) is 6.64. The lowest BCUT2D eigenvalue weighted by Crippen LogP contribution is -2.53. The molecule has 1 aromatic carbocycles. The average molecular weight is 259 g/mol. The smallest absolute Gasteiger partial charge is 0.122 e. The summed E-state index contributed by atoms with van der Waals surface area (Å²) in [5.41, 5.74) is 0.583. The Morgan fingerprint density at radius 1 is 1.47 bits per heavy atom. The number of rotatable bonds is 3. The molecule has 0 spiro atoms. The molecule has 0 bridgehead atoms. The van der Waals surface area contributed by atoms with E-state index in [2.05, 4.69) is 6.07 Å². The predicted octanol–water partition coefficient (Wildman–Crippen LogP) is 2.95. The van der Waals surface area contributed by atoms with Crippen molar-refractivity contribution >= 4 is 0 Å². The van der Waals surface area contributed by atoms with Crippen LogP contribution < -0.4 is 4.74 Å². The third kappa shape index (κ3) is 2.11. The molecule has 1 aliphatic carbocycles. The van der Waals surface area contributed by atoms with E-state index in [9.17, 15) is 10.4 Å². The van der Waals surface area contributed by atoms with E-state index in [0.29, 0.717) is 0 Å². The summed E-state index contributed by atoms with van der Waals surface area (Å²) in [5, 5.41) is 19.9. The number of hydrogen-bond acceptors (Lipinski definition) is 3. The first-order valence-corrected chi connectivity index (χ1v) is 6.64. The topological polar surface area (TPSA) is 53.2 Å². The fourth-order valence-corrected chi connectivity index (χ4v) is 3.17. The number of hydrogen-bond donors (Lipinski definition) is 1. The number of benzene rings is 1. The highest BCUT2D eigenvalue weighted by molar-refractivity contribution is 5.45. The van der Waals surface area contributed by atoms with E-state index in [4.69, 9.17) is 4.74 Å². The van der Waals surface area contributed by atoms with Crippen molar-refractivity contribution in [3.05, 3.63) is 29.3 Å². The highest BCUT2D eigenvalue weighted by Gasteiger charge is 2.54. The maximum Gasteiger partial charge on any atom is 0.122 e. The van der Waals surface area contributed by atoms with Crippen LogP contribution in [0.5, 0.6) is 5.75 Å². The molecule has 3 heteroatoms. The van der Waals surface area contributed by atoms with E-state index in [1.807, 2.05) is 25.1 Å². The Hall–Kier alpha value is -1.53. The molecule has 1 N–H and O–H groups in total. The minimum atomic E-state index is -0.841. The molecule has 0 radical (unpaired) electrons. The first-order chi connectivity index (χ1) is 8.85. The monoisotopic (exact) mass is 259 g/mol. The predicted molar refractivity (Wildman–Crippen MR) is 74.0 cm³/mol. The molecule has 19 heavy (non-hydrogen) atoms. The number of methoxy groups -OCH3 is 1. The summed E-state index contributed by atoms with van der Waals surface area (Å²) in [6, 6.07) is 8.35. The molecule has 2 atom stereocenters. The summed E-state index contributed by atoms with van der Waals surface area (Å²) in [4.78, 5) is 0. The molecule has 1 aromatic rings. The van der Waals surface area contributed by atoms with E-state index < -0.39 is 11.0 Å². The molecule has 1 aliphatic rings. The zero-order valence-electron chi connectivity index (χ0n) is 12.0. The van der Waals surface area contributed by atoms with Crippen LogP contribution in [0.4, 0.5) is 0 Å². The number of aryl methyl sites for hydroxylation is 1. The van der Waals surface area contributed by atoms with Crippen molar-refractivity contribution in [3.8, 4) is 11.8 Å². The second kappa shape index (κ2) is 4.54. The molecule has 0 aliphatic heterocycles. The van der Waals surface area contributed by atoms with Crippen LogP contribution in [0.1, 0.15) is 37.8 Å². The Morgan fingerprint density at radius 3 is 2.58 bits per heavy atom. The number of aliphatic hydroxyl groups is 1. The van der Waals surface area contributed by atoms with Gasteiger partial charge in [-0.25, -0.2) is 0 Å². The van der Waals surface area contributed by atoms with Gasteiger partial charge in [-0.2, -0.15) is 5.26 Å². The van der Waals surface area contributed by atoms with Gasteiger partial charge in [-0.1, -0.05) is 12.1 Å². The molecular weight excluding hydrogens is 238 g/mol. The molecule has 0 aromatic heterocycles. The fourth-order valence-electron chi connectivity index (χ4n) is 3.17. The summed E-state index contributed by atoms with van der Waals surface area (Å²) in [5.74, 6) is 0.769. The molecular formula is C16H21NO2. The maximum absolute atomic E-state index is 10.3. The zero-order valence-corrected chi connectivity index (χ0v) is 12.0. The van der Waals surface area contributed by atoms with Crippen molar-refractivity contribution < 1.29 is 9.84 Å². The quantitative estimate of drug-likeness (QED) is 0.908. The summed E-state index contributed by atoms with van der Waals surface area (Å²) >= 11 is 0. The van der Waals surface area contributed by atoms with Crippen molar-refractivity contribution in [2.45, 2.75) is 44.6 Å². The van der Waals surface area contributed by atoms with Gasteiger partial charge in [0.25, 0.3) is 0 Å². The standard InChI is InChI=1S/C16H21NO2/c1-11-5-6-12(9-13(11)19-4)16(10-17)8-7-14(16)15(2,3)18/h5-6,9,14,18H,7-8H2,1-4H3/t14-,16-/m1/s1. The van der Waals surface area contributed by atoms with Crippen LogP contribution in [0.2, 0.25) is 0 Å². The van der Waals surface area contributed by atoms with E-state index in [0.717, 1.165) is 29.7 Å². The van der Waals surface area contributed by atoms with Crippen molar-refractivity contribution in [2.75, 3.05) is 7.11 Å². The Kier molecular flexibility index (Phi) is 3.32. The average Bonchev–Trinajstić information content (AvgIpc) is 2.28. The van der Waals surface area contributed by atoms with Gasteiger partial charge in [0, 0.05) is 5.92 Å². The Labute approximate surface area is 114 Å². The van der Waals surface area contributed by atoms with Gasteiger partial charge in [0.2, 0.25) is 0 Å². The van der Waals surface area contributed by atoms with Gasteiger partial charge in [0.15, 0.2) is 0 Å². The van der Waals surface area contributed by atoms with Gasteiger partial charge in [-0.3, -0.25) is 0 Å². The number of ether oxygens (including phenoxy) is 1. The van der Waals surface area contributed by atoms with Crippen LogP contribution in [-0.2, 0) is 5.41 Å². The van der Waals surface area contributed by atoms with Gasteiger partial charge in [-0.05, 0) is 50.8 Å². The molecule has 0 amide bonds. The van der Waals surface area contributed by atoms with Crippen LogP contribution >= 0.6 is 0 Å². The van der Waals surface area contributed by atoms with Crippen molar-refractivity contribution in [2.24, 2.45) is 5.92 Å². The Bertz CT molecular complexity index is 525. The van der Waals surface area contributed by atoms with Crippen LogP contribution in [0.3, 0.4) is 0 Å². The third-order valence-electron chi connectivity index (χ3n) is 4.40. The second-order valence-electron chi connectivity index (χ2n) is 6.01. The van der Waals surface area contributed by atoms with E-state index in [1.54, 1.807) is 21.0 Å². The highest BCUT2D eigenvalue weighted by atomic mass is 16.5. The van der Waals surface area contributed by atoms with Crippen molar-refractivity contribution in [1.29, 1.82) is 5.26 Å². The van der Waals surface area contributed by atoms with Gasteiger partial charge in [0.1, 0.15) is 5.75 Å². The molecule has 1 saturated carbocycles. The molecule has 3 nitrogen and oxygen atoms in total. The molecule has 0 heterocycles. The molecule has 102 valence electrons. The minimum Gasteiger partial charge on any atom is -0.496 e. The summed E-state index contributed by atoms with van der Waals surface area (Å²) in [7, 11) is 1.64. The van der Waals surface area contributed by atoms with Gasteiger partial charge in [-0.15, -0.1) is 0 Å². The minimum absolute atomic E-state index is 0.0302. The fraction of sp³-hybridized carbons (Fsp3) is 0.562. The SMILES string of the molecule is COc1cc([C@]2(C#N)CC[C@@H]2C(C)(C)O)ccc1C. The summed E-state index contributed by atoms with van der Waals surface area (Å²) < 4.78 is 5.34. The summed E-state index contributed by atoms with van der Waals surface area (Å²) in [6.45, 7) is 5.55. The zero-order chi connectivity index (χ0) is 14.3. The summed E-state index contributed by atoms with van der Waals surface area (Å²) in [6.07, 6.45) is 1.68. The highest BCUT2D eigenvalue weighted by Crippen LogP contribution is 2.53. The van der Waals surface area contributed by atoms with Crippen molar-refractivity contribution in [1.82, 2.24) is 0 Å². The lowest BCUT2D eigenvalue weighted by molar-refractivity contribution is -0.0547. The molecule has 0 saturated heterocycles. The van der Waals surface area contributed by atoms with Crippen LogP contribution in [-0.4, -0.2) is 17.8 Å². The number of nitrogens with zero attached hydrogens (tertiary/aromatic N) is 1. The first kappa shape index (κ1) is 13.9. The van der Waals surface area contributed by atoms with Crippen LogP contribution in [0, 0.1) is 24.2 Å². The third-order valence-corrected chi connectivity index (χ3v) is 4.40. The maximum atomic E-state index is 10.3. The van der Waals surface area contributed by atoms with E-state index >= 15 is 0 Å². The molecule has 1 fully saturated rings. The van der Waals surface area contributed by atoms with Gasteiger partial charge in [0.05, 0.1) is 24.2 Å².